The molecule has 0 bridgehead atoms. The number of rotatable bonds is 3. The summed E-state index contributed by atoms with van der Waals surface area (Å²) in [7, 11) is 0. The van der Waals surface area contributed by atoms with Gasteiger partial charge in [0.15, 0.2) is 0 Å². The lowest BCUT2D eigenvalue weighted by Gasteiger charge is -2.23. The summed E-state index contributed by atoms with van der Waals surface area (Å²) in [5.41, 5.74) is 13.0. The van der Waals surface area contributed by atoms with Crippen LogP contribution in [0.5, 0.6) is 0 Å². The van der Waals surface area contributed by atoms with E-state index >= 15 is 0 Å². The summed E-state index contributed by atoms with van der Waals surface area (Å²) in [6, 6.07) is 68.0. The molecule has 11 rings (SSSR count). The molecule has 1 aliphatic carbocycles. The van der Waals surface area contributed by atoms with Crippen LogP contribution < -0.4 is 0 Å². The Bertz CT molecular complexity index is 3080. The molecule has 0 heterocycles. The fourth-order valence-electron chi connectivity index (χ4n) is 9.57. The van der Waals surface area contributed by atoms with Crippen molar-refractivity contribution < 1.29 is 0 Å². The summed E-state index contributed by atoms with van der Waals surface area (Å²) in [6.45, 7) is 4.77. The van der Waals surface area contributed by atoms with Crippen molar-refractivity contribution in [1.29, 1.82) is 0 Å². The molecule has 248 valence electrons. The zero-order chi connectivity index (χ0) is 35.3. The molecular formula is C53H36. The predicted octanol–water partition coefficient (Wildman–Crippen LogP) is 14.8. The lowest BCUT2D eigenvalue weighted by atomic mass is 9.80. The molecule has 1 aliphatic rings. The zero-order valence-electron chi connectivity index (χ0n) is 29.8. The maximum Gasteiger partial charge on any atom is 0.0165 e. The van der Waals surface area contributed by atoms with Gasteiger partial charge in [0, 0.05) is 5.41 Å². The first-order valence-electron chi connectivity index (χ1n) is 18.7. The summed E-state index contributed by atoms with van der Waals surface area (Å²) in [6.07, 6.45) is 0. The van der Waals surface area contributed by atoms with Crippen molar-refractivity contribution in [2.24, 2.45) is 0 Å². The van der Waals surface area contributed by atoms with E-state index < -0.39 is 0 Å². The molecule has 0 N–H and O–H groups in total. The van der Waals surface area contributed by atoms with Gasteiger partial charge in [0.05, 0.1) is 0 Å². The molecule has 0 unspecified atom stereocenters. The summed E-state index contributed by atoms with van der Waals surface area (Å²) < 4.78 is 0. The van der Waals surface area contributed by atoms with Gasteiger partial charge in [-0.15, -0.1) is 0 Å². The molecular weight excluding hydrogens is 637 g/mol. The highest BCUT2D eigenvalue weighted by molar-refractivity contribution is 6.22. The van der Waals surface area contributed by atoms with Crippen LogP contribution in [0.4, 0.5) is 0 Å². The summed E-state index contributed by atoms with van der Waals surface area (Å²) in [4.78, 5) is 0. The van der Waals surface area contributed by atoms with Gasteiger partial charge in [0.25, 0.3) is 0 Å². The maximum atomic E-state index is 2.46. The molecule has 10 aromatic carbocycles. The first-order valence-corrected chi connectivity index (χ1v) is 18.7. The maximum absolute atomic E-state index is 2.46. The highest BCUT2D eigenvalue weighted by Crippen LogP contribution is 2.53. The Morgan fingerprint density at radius 1 is 0.302 bits per heavy atom. The van der Waals surface area contributed by atoms with Gasteiger partial charge in [-0.05, 0) is 134 Å². The van der Waals surface area contributed by atoms with Gasteiger partial charge in [-0.25, -0.2) is 0 Å². The Balaban J connectivity index is 1.17. The van der Waals surface area contributed by atoms with E-state index in [-0.39, 0.29) is 5.41 Å². The lowest BCUT2D eigenvalue weighted by Crippen LogP contribution is -2.15. The average molecular weight is 673 g/mol. The molecule has 0 atom stereocenters. The van der Waals surface area contributed by atoms with Crippen LogP contribution in [0, 0.1) is 0 Å². The van der Waals surface area contributed by atoms with Crippen LogP contribution in [0.1, 0.15) is 25.0 Å². The second kappa shape index (κ2) is 11.2. The summed E-state index contributed by atoms with van der Waals surface area (Å²) >= 11 is 0. The number of fused-ring (bicyclic) bond motifs is 9. The Morgan fingerprint density at radius 2 is 0.792 bits per heavy atom. The minimum Gasteiger partial charge on any atom is -0.0616 e. The van der Waals surface area contributed by atoms with E-state index in [2.05, 4.69) is 196 Å². The molecule has 0 heteroatoms. The van der Waals surface area contributed by atoms with Crippen molar-refractivity contribution in [2.45, 2.75) is 19.3 Å². The van der Waals surface area contributed by atoms with E-state index in [1.807, 2.05) is 0 Å². The molecule has 53 heavy (non-hydrogen) atoms. The molecule has 10 aromatic rings. The van der Waals surface area contributed by atoms with Gasteiger partial charge in [0.2, 0.25) is 0 Å². The van der Waals surface area contributed by atoms with E-state index in [1.54, 1.807) is 0 Å². The molecule has 0 spiro atoms. The second-order valence-electron chi connectivity index (χ2n) is 15.2. The lowest BCUT2D eigenvalue weighted by molar-refractivity contribution is 0.666. The van der Waals surface area contributed by atoms with Crippen molar-refractivity contribution in [3.63, 3.8) is 0 Å². The summed E-state index contributed by atoms with van der Waals surface area (Å²) in [5.74, 6) is 0. The van der Waals surface area contributed by atoms with E-state index in [9.17, 15) is 0 Å². The van der Waals surface area contributed by atoms with E-state index in [0.29, 0.717) is 0 Å². The SMILES string of the molecule is CC1(C)c2ccc(-c3cc(-c4c5ccccc5c(-c5ccc6ccccc6c5)c5ccccc45)cc4ccccc34)cc2-c2ccc3ccccc3c21. The van der Waals surface area contributed by atoms with Gasteiger partial charge in [-0.3, -0.25) is 0 Å². The highest BCUT2D eigenvalue weighted by Gasteiger charge is 2.37. The van der Waals surface area contributed by atoms with Crippen molar-refractivity contribution in [2.75, 3.05) is 0 Å². The zero-order valence-corrected chi connectivity index (χ0v) is 29.8. The Kier molecular flexibility index (Phi) is 6.40. The van der Waals surface area contributed by atoms with Crippen LogP contribution in [-0.4, -0.2) is 0 Å². The third-order valence-electron chi connectivity index (χ3n) is 12.0. The third-order valence-corrected chi connectivity index (χ3v) is 12.0. The van der Waals surface area contributed by atoms with Crippen molar-refractivity contribution >= 4 is 53.9 Å². The quantitative estimate of drug-likeness (QED) is 0.164. The van der Waals surface area contributed by atoms with Gasteiger partial charge in [0.1, 0.15) is 0 Å². The fourth-order valence-corrected chi connectivity index (χ4v) is 9.57. The van der Waals surface area contributed by atoms with Crippen LogP contribution in [-0.2, 0) is 5.41 Å². The fraction of sp³-hybridized carbons (Fsp3) is 0.0566. The molecule has 0 saturated carbocycles. The number of hydrogen-bond acceptors (Lipinski definition) is 0. The highest BCUT2D eigenvalue weighted by atomic mass is 14.4. The molecule has 0 amide bonds. The van der Waals surface area contributed by atoms with Gasteiger partial charge >= 0.3 is 0 Å². The number of benzene rings is 10. The van der Waals surface area contributed by atoms with Crippen molar-refractivity contribution in [1.82, 2.24) is 0 Å². The monoisotopic (exact) mass is 672 g/mol. The van der Waals surface area contributed by atoms with Crippen molar-refractivity contribution in [3.05, 3.63) is 193 Å². The van der Waals surface area contributed by atoms with E-state index in [4.69, 9.17) is 0 Å². The minimum absolute atomic E-state index is 0.0847. The largest absolute Gasteiger partial charge is 0.0616 e. The van der Waals surface area contributed by atoms with Crippen LogP contribution in [0.2, 0.25) is 0 Å². The van der Waals surface area contributed by atoms with Crippen LogP contribution >= 0.6 is 0 Å². The predicted molar refractivity (Wildman–Crippen MR) is 228 cm³/mol. The minimum atomic E-state index is -0.0847. The molecule has 0 aliphatic heterocycles. The van der Waals surface area contributed by atoms with Crippen LogP contribution in [0.15, 0.2) is 182 Å². The number of hydrogen-bond donors (Lipinski definition) is 0. The molecule has 0 aromatic heterocycles. The Morgan fingerprint density at radius 3 is 1.49 bits per heavy atom. The first-order chi connectivity index (χ1) is 26.0. The molecule has 0 saturated heterocycles. The van der Waals surface area contributed by atoms with E-state index in [1.165, 1.54) is 109 Å². The standard InChI is InChI=1S/C53H36/c1-53(2)49-28-26-37(31-48(49)46-27-25-34-14-5-8-18-41(34)52(46)53)47-32-39(30-36-16-6-7-17-40(36)47)51-44-21-11-9-19-42(44)50(43-20-10-12-22-45(43)51)38-24-23-33-13-3-4-15-35(33)29-38/h3-32H,1-2H3. The second-order valence-corrected chi connectivity index (χ2v) is 15.2. The Hall–Kier alpha value is -6.50. The topological polar surface area (TPSA) is 0 Å². The van der Waals surface area contributed by atoms with E-state index in [0.717, 1.165) is 0 Å². The van der Waals surface area contributed by atoms with Gasteiger partial charge in [-0.2, -0.15) is 0 Å². The van der Waals surface area contributed by atoms with Crippen molar-refractivity contribution in [3.8, 4) is 44.5 Å². The third kappa shape index (κ3) is 4.42. The van der Waals surface area contributed by atoms with Crippen LogP contribution in [0.3, 0.4) is 0 Å². The Labute approximate surface area is 309 Å². The normalized spacial score (nSPS) is 13.2. The summed E-state index contributed by atoms with van der Waals surface area (Å²) in [5, 5.41) is 12.8. The van der Waals surface area contributed by atoms with Gasteiger partial charge < -0.3 is 0 Å². The molecule has 0 radical (unpaired) electrons. The first kappa shape index (κ1) is 30.2. The smallest absolute Gasteiger partial charge is 0.0165 e. The van der Waals surface area contributed by atoms with Gasteiger partial charge in [-0.1, -0.05) is 172 Å². The average Bonchev–Trinajstić information content (AvgIpc) is 3.44. The molecule has 0 nitrogen and oxygen atoms in total. The van der Waals surface area contributed by atoms with Crippen LogP contribution in [0.25, 0.3) is 98.4 Å². The molecule has 0 fully saturated rings.